The molecule has 4 aromatic rings. The van der Waals surface area contributed by atoms with Crippen LogP contribution in [0, 0.1) is 0 Å². The number of nitrogens with zero attached hydrogens (tertiary/aromatic N) is 6. The molecule has 0 spiro atoms. The van der Waals surface area contributed by atoms with Crippen LogP contribution in [0.15, 0.2) is 49.3 Å². The highest BCUT2D eigenvalue weighted by Crippen LogP contribution is 2.24. The predicted molar refractivity (Wildman–Crippen MR) is 87.7 cm³/mol. The van der Waals surface area contributed by atoms with Crippen LogP contribution in [0.25, 0.3) is 16.9 Å². The summed E-state index contributed by atoms with van der Waals surface area (Å²) < 4.78 is 3.73. The highest BCUT2D eigenvalue weighted by molar-refractivity contribution is 6.29. The second kappa shape index (κ2) is 5.36. The molecule has 0 aliphatic heterocycles. The third kappa shape index (κ3) is 2.51. The van der Waals surface area contributed by atoms with E-state index in [-0.39, 0.29) is 0 Å². The number of imidazole rings is 1. The van der Waals surface area contributed by atoms with Gasteiger partial charge in [0.1, 0.15) is 5.15 Å². The molecule has 0 aliphatic rings. The van der Waals surface area contributed by atoms with Crippen molar-refractivity contribution in [2.75, 3.05) is 5.32 Å². The van der Waals surface area contributed by atoms with Crippen molar-refractivity contribution in [3.8, 4) is 11.3 Å². The summed E-state index contributed by atoms with van der Waals surface area (Å²) in [4.78, 5) is 12.9. The van der Waals surface area contributed by atoms with Gasteiger partial charge in [0.05, 0.1) is 30.0 Å². The Morgan fingerprint density at radius 1 is 1.09 bits per heavy atom. The maximum absolute atomic E-state index is 5.80. The molecule has 0 unspecified atom stereocenters. The SMILES string of the molecule is Cn1cc(-c2cnc3c(Nc4ccc(Cl)nc4)nccn23)cn1. The quantitative estimate of drug-likeness (QED) is 0.586. The standard InChI is InChI=1S/C15H12ClN7/c1-22-9-10(6-20-22)12-8-19-15-14(17-4-5-23(12)15)21-11-2-3-13(16)18-7-11/h2-9H,1H3,(H,17,21). The summed E-state index contributed by atoms with van der Waals surface area (Å²) in [6.07, 6.45) is 10.8. The Morgan fingerprint density at radius 3 is 2.74 bits per heavy atom. The molecule has 0 radical (unpaired) electrons. The molecule has 7 nitrogen and oxygen atoms in total. The molecule has 0 aromatic carbocycles. The number of hydrogen-bond acceptors (Lipinski definition) is 5. The van der Waals surface area contributed by atoms with Crippen LogP contribution in [0.5, 0.6) is 0 Å². The Bertz CT molecular complexity index is 971. The predicted octanol–water partition coefficient (Wildman–Crippen LogP) is 2.92. The molecule has 4 aromatic heterocycles. The first-order valence-electron chi connectivity index (χ1n) is 6.90. The van der Waals surface area contributed by atoms with Crippen molar-refractivity contribution >= 4 is 28.8 Å². The summed E-state index contributed by atoms with van der Waals surface area (Å²) in [6.45, 7) is 0. The second-order valence-corrected chi connectivity index (χ2v) is 5.40. The third-order valence-corrected chi connectivity index (χ3v) is 3.64. The van der Waals surface area contributed by atoms with Crippen molar-refractivity contribution in [1.29, 1.82) is 0 Å². The maximum atomic E-state index is 5.80. The number of anilines is 2. The Labute approximate surface area is 136 Å². The zero-order valence-corrected chi connectivity index (χ0v) is 12.9. The van der Waals surface area contributed by atoms with E-state index in [4.69, 9.17) is 11.6 Å². The molecule has 0 saturated carbocycles. The summed E-state index contributed by atoms with van der Waals surface area (Å²) in [7, 11) is 1.88. The van der Waals surface area contributed by atoms with E-state index in [1.165, 1.54) is 0 Å². The van der Waals surface area contributed by atoms with Crippen molar-refractivity contribution in [3.05, 3.63) is 54.5 Å². The minimum atomic E-state index is 0.446. The minimum absolute atomic E-state index is 0.446. The summed E-state index contributed by atoms with van der Waals surface area (Å²) in [5, 5.41) is 7.85. The lowest BCUT2D eigenvalue weighted by molar-refractivity contribution is 0.768. The lowest BCUT2D eigenvalue weighted by Crippen LogP contribution is -1.98. The molecule has 0 fully saturated rings. The van der Waals surface area contributed by atoms with Crippen molar-refractivity contribution in [3.63, 3.8) is 0 Å². The summed E-state index contributed by atoms with van der Waals surface area (Å²) in [6, 6.07) is 3.56. The van der Waals surface area contributed by atoms with Crippen LogP contribution in [0.2, 0.25) is 5.15 Å². The molecule has 8 heteroatoms. The highest BCUT2D eigenvalue weighted by atomic mass is 35.5. The highest BCUT2D eigenvalue weighted by Gasteiger charge is 2.11. The molecular weight excluding hydrogens is 314 g/mol. The Balaban J connectivity index is 1.77. The van der Waals surface area contributed by atoms with Crippen molar-refractivity contribution in [2.24, 2.45) is 7.05 Å². The number of hydrogen-bond donors (Lipinski definition) is 1. The normalized spacial score (nSPS) is 11.0. The summed E-state index contributed by atoms with van der Waals surface area (Å²) in [5.41, 5.74) is 3.46. The first kappa shape index (κ1) is 13.7. The molecule has 1 N–H and O–H groups in total. The van der Waals surface area contributed by atoms with Crippen LogP contribution in [0.4, 0.5) is 11.5 Å². The van der Waals surface area contributed by atoms with E-state index in [0.717, 1.165) is 22.6 Å². The monoisotopic (exact) mass is 325 g/mol. The maximum Gasteiger partial charge on any atom is 0.180 e. The largest absolute Gasteiger partial charge is 0.336 e. The van der Waals surface area contributed by atoms with Crippen LogP contribution in [-0.2, 0) is 7.05 Å². The van der Waals surface area contributed by atoms with E-state index >= 15 is 0 Å². The molecule has 4 rings (SSSR count). The van der Waals surface area contributed by atoms with Gasteiger partial charge in [0, 0.05) is 31.2 Å². The molecule has 114 valence electrons. The smallest absolute Gasteiger partial charge is 0.180 e. The molecule has 0 amide bonds. The van der Waals surface area contributed by atoms with Gasteiger partial charge in [-0.15, -0.1) is 0 Å². The van der Waals surface area contributed by atoms with Crippen LogP contribution in [0.1, 0.15) is 0 Å². The third-order valence-electron chi connectivity index (χ3n) is 3.42. The van der Waals surface area contributed by atoms with Gasteiger partial charge in [-0.2, -0.15) is 5.10 Å². The second-order valence-electron chi connectivity index (χ2n) is 5.01. The number of halogens is 1. The summed E-state index contributed by atoms with van der Waals surface area (Å²) in [5.74, 6) is 0.645. The first-order valence-corrected chi connectivity index (χ1v) is 7.28. The van der Waals surface area contributed by atoms with Gasteiger partial charge in [-0.1, -0.05) is 11.6 Å². The van der Waals surface area contributed by atoms with E-state index in [1.54, 1.807) is 35.5 Å². The number of aromatic nitrogens is 6. The van der Waals surface area contributed by atoms with Crippen LogP contribution in [0.3, 0.4) is 0 Å². The average Bonchev–Trinajstić information content (AvgIpc) is 3.16. The number of nitrogens with one attached hydrogen (secondary N) is 1. The van der Waals surface area contributed by atoms with Gasteiger partial charge in [0.25, 0.3) is 0 Å². The molecule has 0 saturated heterocycles. The molecule has 23 heavy (non-hydrogen) atoms. The van der Waals surface area contributed by atoms with Crippen molar-refractivity contribution in [2.45, 2.75) is 0 Å². The van der Waals surface area contributed by atoms with E-state index in [0.29, 0.717) is 11.0 Å². The Morgan fingerprint density at radius 2 is 2.00 bits per heavy atom. The number of rotatable bonds is 3. The Kier molecular flexibility index (Phi) is 3.20. The zero-order chi connectivity index (χ0) is 15.8. The Hall–Kier alpha value is -2.93. The van der Waals surface area contributed by atoms with Crippen LogP contribution >= 0.6 is 11.6 Å². The number of fused-ring (bicyclic) bond motifs is 1. The van der Waals surface area contributed by atoms with E-state index in [2.05, 4.69) is 25.4 Å². The zero-order valence-electron chi connectivity index (χ0n) is 12.2. The summed E-state index contributed by atoms with van der Waals surface area (Å²) >= 11 is 5.80. The molecule has 0 atom stereocenters. The van der Waals surface area contributed by atoms with E-state index in [9.17, 15) is 0 Å². The number of pyridine rings is 1. The molecule has 0 aliphatic carbocycles. The van der Waals surface area contributed by atoms with Gasteiger partial charge in [0.2, 0.25) is 0 Å². The van der Waals surface area contributed by atoms with Crippen LogP contribution < -0.4 is 5.32 Å². The van der Waals surface area contributed by atoms with Crippen molar-refractivity contribution in [1.82, 2.24) is 29.1 Å². The molecular formula is C15H12ClN7. The molecule has 4 heterocycles. The fourth-order valence-electron chi connectivity index (χ4n) is 2.36. The lowest BCUT2D eigenvalue weighted by Gasteiger charge is -2.07. The van der Waals surface area contributed by atoms with Gasteiger partial charge in [-0.05, 0) is 12.1 Å². The fourth-order valence-corrected chi connectivity index (χ4v) is 2.47. The van der Waals surface area contributed by atoms with Gasteiger partial charge < -0.3 is 5.32 Å². The fraction of sp³-hybridized carbons (Fsp3) is 0.0667. The minimum Gasteiger partial charge on any atom is -0.336 e. The topological polar surface area (TPSA) is 72.9 Å². The average molecular weight is 326 g/mol. The molecule has 0 bridgehead atoms. The van der Waals surface area contributed by atoms with E-state index in [1.807, 2.05) is 29.9 Å². The first-order chi connectivity index (χ1) is 11.2. The number of aryl methyl sites for hydroxylation is 1. The van der Waals surface area contributed by atoms with Gasteiger partial charge in [-0.25, -0.2) is 15.0 Å². The van der Waals surface area contributed by atoms with Crippen LogP contribution in [-0.4, -0.2) is 29.1 Å². The van der Waals surface area contributed by atoms with Gasteiger partial charge in [-0.3, -0.25) is 9.08 Å². The van der Waals surface area contributed by atoms with Gasteiger partial charge in [0.15, 0.2) is 11.5 Å². The van der Waals surface area contributed by atoms with E-state index < -0.39 is 0 Å². The van der Waals surface area contributed by atoms with Gasteiger partial charge >= 0.3 is 0 Å². The lowest BCUT2D eigenvalue weighted by atomic mass is 10.3. The van der Waals surface area contributed by atoms with Crippen molar-refractivity contribution < 1.29 is 0 Å².